The molecule has 0 radical (unpaired) electrons. The predicted octanol–water partition coefficient (Wildman–Crippen LogP) is 2.65. The summed E-state index contributed by atoms with van der Waals surface area (Å²) in [6.07, 6.45) is 4.27. The molecule has 5 heteroatoms. The Kier molecular flexibility index (Phi) is 5.07. The standard InChI is InChI=1S/C16H26N2O2S/c1-16(2)10-5-4-9-15(16)18-21(19,20)14-8-6-7-13(11-14)12-17-3/h6-8,11,15,17-18H,4-5,9-10,12H2,1-3H3. The van der Waals surface area contributed by atoms with Crippen molar-refractivity contribution in [3.63, 3.8) is 0 Å². The van der Waals surface area contributed by atoms with Gasteiger partial charge in [0.2, 0.25) is 10.0 Å². The minimum absolute atomic E-state index is 0.0178. The van der Waals surface area contributed by atoms with E-state index in [1.807, 2.05) is 13.1 Å². The summed E-state index contributed by atoms with van der Waals surface area (Å²) >= 11 is 0. The summed E-state index contributed by atoms with van der Waals surface area (Å²) < 4.78 is 28.1. The van der Waals surface area contributed by atoms with E-state index in [-0.39, 0.29) is 11.5 Å². The largest absolute Gasteiger partial charge is 0.316 e. The Morgan fingerprint density at radius 2 is 2.05 bits per heavy atom. The molecule has 1 aromatic carbocycles. The zero-order valence-corrected chi connectivity index (χ0v) is 14.0. The summed E-state index contributed by atoms with van der Waals surface area (Å²) in [7, 11) is -1.60. The summed E-state index contributed by atoms with van der Waals surface area (Å²) in [6.45, 7) is 4.96. The highest BCUT2D eigenvalue weighted by molar-refractivity contribution is 7.89. The molecular weight excluding hydrogens is 284 g/mol. The van der Waals surface area contributed by atoms with Crippen LogP contribution >= 0.6 is 0 Å². The third-order valence-corrected chi connectivity index (χ3v) is 5.86. The van der Waals surface area contributed by atoms with E-state index in [1.54, 1.807) is 18.2 Å². The van der Waals surface area contributed by atoms with Crippen molar-refractivity contribution in [1.82, 2.24) is 10.0 Å². The van der Waals surface area contributed by atoms with Crippen molar-refractivity contribution in [1.29, 1.82) is 0 Å². The molecule has 1 unspecified atom stereocenters. The maximum absolute atomic E-state index is 12.6. The van der Waals surface area contributed by atoms with Gasteiger partial charge in [-0.25, -0.2) is 13.1 Å². The second-order valence-electron chi connectivity index (χ2n) is 6.59. The predicted molar refractivity (Wildman–Crippen MR) is 85.6 cm³/mol. The molecule has 2 rings (SSSR count). The van der Waals surface area contributed by atoms with E-state index in [9.17, 15) is 8.42 Å². The van der Waals surface area contributed by atoms with E-state index in [1.165, 1.54) is 6.42 Å². The lowest BCUT2D eigenvalue weighted by atomic mass is 9.74. The molecule has 21 heavy (non-hydrogen) atoms. The van der Waals surface area contributed by atoms with Crippen LogP contribution in [0.3, 0.4) is 0 Å². The third kappa shape index (κ3) is 4.05. The second kappa shape index (κ2) is 6.46. The Bertz CT molecular complexity index is 582. The van der Waals surface area contributed by atoms with Crippen molar-refractivity contribution >= 4 is 10.0 Å². The van der Waals surface area contributed by atoms with Gasteiger partial charge in [0.25, 0.3) is 0 Å². The van der Waals surface area contributed by atoms with Crippen molar-refractivity contribution in [3.8, 4) is 0 Å². The molecule has 1 saturated carbocycles. The first-order valence-corrected chi connectivity index (χ1v) is 9.09. The maximum Gasteiger partial charge on any atom is 0.240 e. The number of benzene rings is 1. The third-order valence-electron chi connectivity index (χ3n) is 4.39. The van der Waals surface area contributed by atoms with Crippen LogP contribution in [0.15, 0.2) is 29.2 Å². The molecule has 1 aliphatic rings. The highest BCUT2D eigenvalue weighted by atomic mass is 32.2. The quantitative estimate of drug-likeness (QED) is 0.879. The Morgan fingerprint density at radius 1 is 1.29 bits per heavy atom. The minimum atomic E-state index is -3.45. The highest BCUT2D eigenvalue weighted by Gasteiger charge is 2.35. The molecule has 0 saturated heterocycles. The van der Waals surface area contributed by atoms with E-state index in [0.717, 1.165) is 24.8 Å². The fourth-order valence-corrected chi connectivity index (χ4v) is 4.51. The van der Waals surface area contributed by atoms with Gasteiger partial charge < -0.3 is 5.32 Å². The molecule has 118 valence electrons. The van der Waals surface area contributed by atoms with Crippen LogP contribution in [-0.4, -0.2) is 21.5 Å². The molecule has 1 aromatic rings. The summed E-state index contributed by atoms with van der Waals surface area (Å²) in [6, 6.07) is 7.16. The monoisotopic (exact) mass is 310 g/mol. The first kappa shape index (κ1) is 16.5. The fourth-order valence-electron chi connectivity index (χ4n) is 2.99. The summed E-state index contributed by atoms with van der Waals surface area (Å²) in [5, 5.41) is 3.04. The van der Waals surface area contributed by atoms with Gasteiger partial charge >= 0.3 is 0 Å². The molecule has 2 N–H and O–H groups in total. The van der Waals surface area contributed by atoms with Crippen molar-refractivity contribution < 1.29 is 8.42 Å². The van der Waals surface area contributed by atoms with Crippen molar-refractivity contribution in [2.75, 3.05) is 7.05 Å². The number of sulfonamides is 1. The van der Waals surface area contributed by atoms with Crippen LogP contribution in [0.25, 0.3) is 0 Å². The fraction of sp³-hybridized carbons (Fsp3) is 0.625. The second-order valence-corrected chi connectivity index (χ2v) is 8.30. The van der Waals surface area contributed by atoms with Crippen molar-refractivity contribution in [3.05, 3.63) is 29.8 Å². The first-order valence-electron chi connectivity index (χ1n) is 7.61. The molecule has 1 aliphatic carbocycles. The van der Waals surface area contributed by atoms with E-state index in [0.29, 0.717) is 11.4 Å². The summed E-state index contributed by atoms with van der Waals surface area (Å²) in [4.78, 5) is 0.358. The van der Waals surface area contributed by atoms with Crippen LogP contribution in [0.4, 0.5) is 0 Å². The lowest BCUT2D eigenvalue weighted by Crippen LogP contribution is -2.46. The van der Waals surface area contributed by atoms with Gasteiger partial charge in [0.05, 0.1) is 4.90 Å². The molecule has 4 nitrogen and oxygen atoms in total. The molecule has 0 amide bonds. The molecule has 0 aliphatic heterocycles. The maximum atomic E-state index is 12.6. The summed E-state index contributed by atoms with van der Waals surface area (Å²) in [5.41, 5.74) is 0.997. The van der Waals surface area contributed by atoms with Gasteiger partial charge in [-0.15, -0.1) is 0 Å². The number of rotatable bonds is 5. The minimum Gasteiger partial charge on any atom is -0.316 e. The molecular formula is C16H26N2O2S. The topological polar surface area (TPSA) is 58.2 Å². The Morgan fingerprint density at radius 3 is 2.71 bits per heavy atom. The Hall–Kier alpha value is -0.910. The lowest BCUT2D eigenvalue weighted by Gasteiger charge is -2.38. The van der Waals surface area contributed by atoms with Crippen LogP contribution in [-0.2, 0) is 16.6 Å². The molecule has 0 aromatic heterocycles. The average Bonchev–Trinajstić information content (AvgIpc) is 2.42. The van der Waals surface area contributed by atoms with E-state index >= 15 is 0 Å². The van der Waals surface area contributed by atoms with E-state index in [2.05, 4.69) is 23.9 Å². The van der Waals surface area contributed by atoms with Gasteiger partial charge in [-0.2, -0.15) is 0 Å². The Labute approximate surface area is 128 Å². The number of hydrogen-bond donors (Lipinski definition) is 2. The smallest absolute Gasteiger partial charge is 0.240 e. The van der Waals surface area contributed by atoms with Crippen LogP contribution < -0.4 is 10.0 Å². The van der Waals surface area contributed by atoms with Gasteiger partial charge in [-0.05, 0) is 43.0 Å². The summed E-state index contributed by atoms with van der Waals surface area (Å²) in [5.74, 6) is 0. The van der Waals surface area contributed by atoms with Gasteiger partial charge in [0.1, 0.15) is 0 Å². The van der Waals surface area contributed by atoms with Gasteiger partial charge in [-0.3, -0.25) is 0 Å². The van der Waals surface area contributed by atoms with Crippen molar-refractivity contribution in [2.24, 2.45) is 5.41 Å². The average molecular weight is 310 g/mol. The van der Waals surface area contributed by atoms with Crippen LogP contribution in [0.2, 0.25) is 0 Å². The zero-order chi connectivity index (χ0) is 15.5. The van der Waals surface area contributed by atoms with Crippen LogP contribution in [0.5, 0.6) is 0 Å². The molecule has 1 fully saturated rings. The SMILES string of the molecule is CNCc1cccc(S(=O)(=O)NC2CCCCC2(C)C)c1. The van der Waals surface area contributed by atoms with E-state index in [4.69, 9.17) is 0 Å². The molecule has 0 bridgehead atoms. The Balaban J connectivity index is 2.20. The van der Waals surface area contributed by atoms with Gasteiger partial charge in [-0.1, -0.05) is 38.8 Å². The number of hydrogen-bond acceptors (Lipinski definition) is 3. The van der Waals surface area contributed by atoms with Crippen LogP contribution in [0.1, 0.15) is 45.1 Å². The van der Waals surface area contributed by atoms with Crippen molar-refractivity contribution in [2.45, 2.75) is 57.0 Å². The van der Waals surface area contributed by atoms with Gasteiger partial charge in [0.15, 0.2) is 0 Å². The number of nitrogens with one attached hydrogen (secondary N) is 2. The van der Waals surface area contributed by atoms with Gasteiger partial charge in [0, 0.05) is 12.6 Å². The highest BCUT2D eigenvalue weighted by Crippen LogP contribution is 2.36. The van der Waals surface area contributed by atoms with E-state index < -0.39 is 10.0 Å². The zero-order valence-electron chi connectivity index (χ0n) is 13.1. The van der Waals surface area contributed by atoms with Crippen LogP contribution in [0, 0.1) is 5.41 Å². The molecule has 0 heterocycles. The lowest BCUT2D eigenvalue weighted by molar-refractivity contribution is 0.188. The normalized spacial score (nSPS) is 22.1. The first-order chi connectivity index (χ1) is 9.85. The molecule has 0 spiro atoms. The molecule has 1 atom stereocenters.